The number of aryl methyl sites for hydroxylation is 2. The van der Waals surface area contributed by atoms with Crippen molar-refractivity contribution in [1.29, 1.82) is 0 Å². The van der Waals surface area contributed by atoms with Gasteiger partial charge in [-0.25, -0.2) is 35.1 Å². The lowest BCUT2D eigenvalue weighted by Crippen LogP contribution is -2.06. The molecule has 92 heavy (non-hydrogen) atoms. The van der Waals surface area contributed by atoms with Gasteiger partial charge < -0.3 is 18.3 Å². The number of para-hydroxylation sites is 2. The Morgan fingerprint density at radius 2 is 0.511 bits per heavy atom. The van der Waals surface area contributed by atoms with E-state index in [1.165, 1.54) is 34.8 Å². The molecule has 12 heteroatoms. The highest BCUT2D eigenvalue weighted by Gasteiger charge is 2.27. The fraction of sp³-hybridized carbons (Fsp3) is 0.175. The second-order valence-corrected chi connectivity index (χ2v) is 23.6. The number of hydrogen-bond donors (Lipinski definition) is 0. The third-order valence-corrected chi connectivity index (χ3v) is 17.7. The normalized spacial score (nSPS) is 11.6. The highest BCUT2D eigenvalue weighted by atomic mass is 19.2. The number of halogens is 8. The molecule has 4 aromatic heterocycles. The van der Waals surface area contributed by atoms with E-state index in [0.717, 1.165) is 117 Å². The predicted octanol–water partition coefficient (Wildman–Crippen LogP) is 21.3. The van der Waals surface area contributed by atoms with Gasteiger partial charge in [0.1, 0.15) is 11.4 Å². The summed E-state index contributed by atoms with van der Waals surface area (Å²) in [6.07, 6.45) is 11.4. The van der Waals surface area contributed by atoms with Crippen molar-refractivity contribution in [3.05, 3.63) is 250 Å². The number of nitrogens with zero attached hydrogens (tertiary/aromatic N) is 4. The Morgan fingerprint density at radius 1 is 0.261 bits per heavy atom. The van der Waals surface area contributed by atoms with Gasteiger partial charge in [0.15, 0.2) is 46.5 Å². The molecule has 0 N–H and O–H groups in total. The minimum absolute atomic E-state index is 0.211. The van der Waals surface area contributed by atoms with Crippen molar-refractivity contribution in [2.45, 2.75) is 91.1 Å². The second kappa shape index (κ2) is 24.7. The Bertz CT molecular complexity index is 5140. The van der Waals surface area contributed by atoms with Crippen LogP contribution in [0, 0.1) is 82.1 Å². The first-order valence-electron chi connectivity index (χ1n) is 31.3. The van der Waals surface area contributed by atoms with Crippen LogP contribution in [0.2, 0.25) is 0 Å². The van der Waals surface area contributed by atoms with Crippen LogP contribution in [0.25, 0.3) is 98.6 Å². The molecule has 0 unspecified atom stereocenters. The van der Waals surface area contributed by atoms with Crippen molar-refractivity contribution in [2.75, 3.05) is 0 Å². The Hall–Kier alpha value is -10.5. The molecule has 0 fully saturated rings. The molecule has 0 aliphatic carbocycles. The monoisotopic (exact) mass is 1230 g/mol. The van der Waals surface area contributed by atoms with E-state index < -0.39 is 57.9 Å². The van der Waals surface area contributed by atoms with Gasteiger partial charge in [-0.1, -0.05) is 137 Å². The van der Waals surface area contributed by atoms with Gasteiger partial charge in [0.25, 0.3) is 0 Å². The Balaban J connectivity index is 0.808. The first-order chi connectivity index (χ1) is 44.9. The summed E-state index contributed by atoms with van der Waals surface area (Å²) in [4.78, 5) is 0. The summed E-state index contributed by atoms with van der Waals surface area (Å²) in [5.74, 6) is 8.45. The molecule has 4 nitrogen and oxygen atoms in total. The smallest absolute Gasteiger partial charge is 0.186 e. The van der Waals surface area contributed by atoms with E-state index in [1.807, 2.05) is 24.3 Å². The molecule has 0 aliphatic rings. The Kier molecular flexibility index (Phi) is 15.9. The number of rotatable bonds is 14. The molecule has 0 amide bonds. The third kappa shape index (κ3) is 10.7. The number of benzene rings is 10. The molecule has 4 heterocycles. The molecule has 14 rings (SSSR count). The Morgan fingerprint density at radius 3 is 0.804 bits per heavy atom. The van der Waals surface area contributed by atoms with Gasteiger partial charge in [-0.2, -0.15) is 0 Å². The summed E-state index contributed by atoms with van der Waals surface area (Å²) in [6.45, 7) is 6.13. The van der Waals surface area contributed by atoms with Crippen molar-refractivity contribution in [1.82, 2.24) is 18.3 Å². The topological polar surface area (TPSA) is 19.7 Å². The summed E-state index contributed by atoms with van der Waals surface area (Å²) in [5, 5.41) is 6.68. The molecule has 0 spiro atoms. The van der Waals surface area contributed by atoms with Crippen LogP contribution in [0.5, 0.6) is 0 Å². The zero-order valence-electron chi connectivity index (χ0n) is 50.5. The largest absolute Gasteiger partial charge is 0.340 e. The summed E-state index contributed by atoms with van der Waals surface area (Å²) in [6, 6.07) is 50.1. The van der Waals surface area contributed by atoms with Gasteiger partial charge in [-0.3, -0.25) is 0 Å². The minimum Gasteiger partial charge on any atom is -0.340 e. The van der Waals surface area contributed by atoms with Crippen LogP contribution in [0.4, 0.5) is 35.1 Å². The molecule has 10 aromatic carbocycles. The number of hydrogen-bond acceptors (Lipinski definition) is 0. The van der Waals surface area contributed by atoms with Crippen LogP contribution < -0.4 is 0 Å². The van der Waals surface area contributed by atoms with Gasteiger partial charge >= 0.3 is 0 Å². The van der Waals surface area contributed by atoms with Gasteiger partial charge in [0, 0.05) is 124 Å². The summed E-state index contributed by atoms with van der Waals surface area (Å²) in [7, 11) is 0. The van der Waals surface area contributed by atoms with Gasteiger partial charge in [-0.15, -0.1) is 0 Å². The highest BCUT2D eigenvalue weighted by Crippen LogP contribution is 2.39. The van der Waals surface area contributed by atoms with Crippen molar-refractivity contribution in [3.63, 3.8) is 0 Å². The maximum absolute atomic E-state index is 15.3. The van der Waals surface area contributed by atoms with Gasteiger partial charge in [-0.05, 0) is 134 Å². The van der Waals surface area contributed by atoms with Crippen molar-refractivity contribution in [2.24, 2.45) is 0 Å². The van der Waals surface area contributed by atoms with Crippen LogP contribution in [0.1, 0.15) is 111 Å². The van der Waals surface area contributed by atoms with Crippen molar-refractivity contribution >= 4 is 87.2 Å². The third-order valence-electron chi connectivity index (χ3n) is 17.7. The fourth-order valence-corrected chi connectivity index (χ4v) is 13.3. The Labute approximate surface area is 525 Å². The molecule has 0 radical (unpaired) electrons. The lowest BCUT2D eigenvalue weighted by molar-refractivity contribution is 0.449. The van der Waals surface area contributed by atoms with Crippen LogP contribution >= 0.6 is 0 Å². The van der Waals surface area contributed by atoms with Gasteiger partial charge in [0.2, 0.25) is 0 Å². The van der Waals surface area contributed by atoms with E-state index in [2.05, 4.69) is 119 Å². The maximum atomic E-state index is 15.3. The molecule has 0 saturated heterocycles. The summed E-state index contributed by atoms with van der Waals surface area (Å²) >= 11 is 0. The summed E-state index contributed by atoms with van der Waals surface area (Å²) < 4.78 is 127. The summed E-state index contributed by atoms with van der Waals surface area (Å²) in [5.41, 5.74) is 8.74. The van der Waals surface area contributed by atoms with Crippen molar-refractivity contribution in [3.8, 4) is 46.9 Å². The van der Waals surface area contributed by atoms with E-state index >= 15 is 17.6 Å². The van der Waals surface area contributed by atoms with E-state index in [9.17, 15) is 17.6 Å². The molecule has 0 atom stereocenters. The predicted molar refractivity (Wildman–Crippen MR) is 356 cm³/mol. The number of unbranched alkanes of at least 4 members (excludes halogenated alkanes) is 8. The first kappa shape index (κ1) is 59.2. The first-order valence-corrected chi connectivity index (χ1v) is 31.3. The van der Waals surface area contributed by atoms with Crippen LogP contribution in [0.3, 0.4) is 0 Å². The van der Waals surface area contributed by atoms with E-state index in [1.54, 1.807) is 72.8 Å². The van der Waals surface area contributed by atoms with Crippen LogP contribution in [-0.4, -0.2) is 18.3 Å². The molecular formula is C80H58F8N4. The van der Waals surface area contributed by atoms with E-state index in [4.69, 9.17) is 0 Å². The minimum atomic E-state index is -1.49. The second-order valence-electron chi connectivity index (χ2n) is 23.6. The average Bonchev–Trinajstić information content (AvgIpc) is 1.60. The fourth-order valence-electron chi connectivity index (χ4n) is 13.3. The maximum Gasteiger partial charge on any atom is 0.186 e. The number of aromatic nitrogens is 4. The standard InChI is InChI=1S/C80H58F8N4/c1-3-5-7-9-15-39-89-67-33-27-49(43-59(67)61-45-51(29-35-69(61)89)23-25-53-31-37-73-57(41-53)55-17-11-13-19-71(55)91(73)79-75(85)63(81)47-64(82)76(79)86)21-22-50-28-34-68-60(44-50)62-46-52(30-36-70(62)90(68)40-16-10-8-6-4-2)24-26-54-32-38-74-58(42-54)56-18-12-14-20-72(56)92(74)80-77(87)65(83)48-66(84)78(80)88/h11-14,17-20,27-38,41-48H,3-10,15-16,39-40H2,1-2H3. The lowest BCUT2D eigenvalue weighted by atomic mass is 10.1. The zero-order chi connectivity index (χ0) is 63.3. The molecule has 454 valence electrons. The number of fused-ring (bicyclic) bond motifs is 12. The molecular weight excluding hydrogens is 1170 g/mol. The van der Waals surface area contributed by atoms with Gasteiger partial charge in [0.05, 0.1) is 22.1 Å². The lowest BCUT2D eigenvalue weighted by Gasteiger charge is -2.11. The van der Waals surface area contributed by atoms with Crippen molar-refractivity contribution < 1.29 is 35.1 Å². The molecule has 0 aliphatic heterocycles. The highest BCUT2D eigenvalue weighted by molar-refractivity contribution is 6.12. The zero-order valence-corrected chi connectivity index (χ0v) is 50.5. The average molecular weight is 1230 g/mol. The van der Waals surface area contributed by atoms with Crippen LogP contribution in [0.15, 0.2) is 170 Å². The molecule has 0 saturated carbocycles. The van der Waals surface area contributed by atoms with E-state index in [-0.39, 0.29) is 12.1 Å². The van der Waals surface area contributed by atoms with Crippen LogP contribution in [-0.2, 0) is 13.1 Å². The SMILES string of the molecule is CCCCCCCn1c2ccc(C#Cc3ccc4c(c3)c3cc(C#Cc5ccc6c(c5)c5ccccc5n6-c5c(F)c(F)cc(F)c5F)ccc3n4CCCCCCC)cc2c2cc(C#Cc3ccc4c(c3)c3ccccc3n4-c3c(F)c(F)cc(F)c3F)ccc21. The molecule has 0 bridgehead atoms. The van der Waals surface area contributed by atoms with E-state index in [0.29, 0.717) is 54.7 Å². The molecule has 14 aromatic rings. The quantitative estimate of drug-likeness (QED) is 0.0448.